The van der Waals surface area contributed by atoms with Gasteiger partial charge in [0.25, 0.3) is 0 Å². The highest BCUT2D eigenvalue weighted by molar-refractivity contribution is 7.91. The highest BCUT2D eigenvalue weighted by Gasteiger charge is 2.18. The zero-order chi connectivity index (χ0) is 22.5. The Bertz CT molecular complexity index is 975. The van der Waals surface area contributed by atoms with Crippen LogP contribution in [0.1, 0.15) is 44.5 Å². The van der Waals surface area contributed by atoms with Gasteiger partial charge in [-0.15, -0.1) is 0 Å². The second-order valence-electron chi connectivity index (χ2n) is 7.70. The van der Waals surface area contributed by atoms with Crippen LogP contribution < -0.4 is 10.0 Å². The summed E-state index contributed by atoms with van der Waals surface area (Å²) in [5.74, 6) is -0.155. The summed E-state index contributed by atoms with van der Waals surface area (Å²) >= 11 is 5.98. The summed E-state index contributed by atoms with van der Waals surface area (Å²) in [5.41, 5.74) is 0.406. The summed E-state index contributed by atoms with van der Waals surface area (Å²) in [7, 11) is -3.61. The van der Waals surface area contributed by atoms with Crippen LogP contribution in [0.2, 0.25) is 5.02 Å². The summed E-state index contributed by atoms with van der Waals surface area (Å²) in [5, 5.41) is 13.0. The molecule has 8 nitrogen and oxygen atoms in total. The third-order valence-electron chi connectivity index (χ3n) is 4.25. The number of nitrogens with zero attached hydrogens (tertiary/aromatic N) is 3. The van der Waals surface area contributed by atoms with Crippen molar-refractivity contribution in [2.45, 2.75) is 45.6 Å². The molecule has 30 heavy (non-hydrogen) atoms. The smallest absolute Gasteiger partial charge is 0.241 e. The van der Waals surface area contributed by atoms with Crippen LogP contribution in [0.3, 0.4) is 0 Å². The molecule has 0 aliphatic carbocycles. The zero-order valence-electron chi connectivity index (χ0n) is 17.4. The van der Waals surface area contributed by atoms with Crippen molar-refractivity contribution in [1.82, 2.24) is 15.0 Å². The van der Waals surface area contributed by atoms with Crippen molar-refractivity contribution in [3.8, 4) is 0 Å². The molecule has 2 rings (SSSR count). The van der Waals surface area contributed by atoms with Gasteiger partial charge in [-0.05, 0) is 42.0 Å². The molecule has 1 unspecified atom stereocenters. The Morgan fingerprint density at radius 3 is 2.43 bits per heavy atom. The molecule has 11 heteroatoms. The molecule has 0 aliphatic heterocycles. The Labute approximate surface area is 181 Å². The number of aliphatic hydroxyl groups excluding tert-OH is 1. The fourth-order valence-electron chi connectivity index (χ4n) is 2.99. The lowest BCUT2D eigenvalue weighted by molar-refractivity contribution is 0.259. The predicted molar refractivity (Wildman–Crippen MR) is 116 cm³/mol. The molecule has 0 amide bonds. The molecule has 2 atom stereocenters. The predicted octanol–water partition coefficient (Wildman–Crippen LogP) is 3.20. The highest BCUT2D eigenvalue weighted by atomic mass is 35.5. The number of hydrogen-bond acceptors (Lipinski definition) is 7. The summed E-state index contributed by atoms with van der Waals surface area (Å²) in [6.45, 7) is 5.69. The Morgan fingerprint density at radius 2 is 1.83 bits per heavy atom. The molecule has 166 valence electrons. The van der Waals surface area contributed by atoms with E-state index in [0.717, 1.165) is 6.26 Å². The maximum Gasteiger partial charge on any atom is 0.241 e. The van der Waals surface area contributed by atoms with Crippen LogP contribution in [0.15, 0.2) is 18.2 Å². The molecule has 0 radical (unpaired) electrons. The average molecular weight is 460 g/mol. The first-order chi connectivity index (χ1) is 14.0. The molecule has 0 saturated carbocycles. The summed E-state index contributed by atoms with van der Waals surface area (Å²) < 4.78 is 39.7. The van der Waals surface area contributed by atoms with Crippen molar-refractivity contribution in [2.75, 3.05) is 22.9 Å². The summed E-state index contributed by atoms with van der Waals surface area (Å²) in [4.78, 5) is 12.6. The SMILES string of the molecule is CC(C)C[C@H](CO)Nc1nc(CC(C)c2cc(Cl)ccc2F)nc(NS(C)(=O)=O)n1. The van der Waals surface area contributed by atoms with E-state index in [1.807, 2.05) is 13.8 Å². The molecule has 1 aromatic heterocycles. The van der Waals surface area contributed by atoms with E-state index in [1.165, 1.54) is 12.1 Å². The van der Waals surface area contributed by atoms with E-state index in [9.17, 15) is 17.9 Å². The molecule has 1 heterocycles. The van der Waals surface area contributed by atoms with Crippen LogP contribution in [0.25, 0.3) is 0 Å². The van der Waals surface area contributed by atoms with Gasteiger partial charge >= 0.3 is 0 Å². The number of aliphatic hydroxyl groups is 1. The maximum atomic E-state index is 14.2. The molecule has 0 spiro atoms. The molecular weight excluding hydrogens is 433 g/mol. The summed E-state index contributed by atoms with van der Waals surface area (Å²) in [6, 6.07) is 4.00. The molecule has 0 fully saturated rings. The minimum atomic E-state index is -3.61. The normalized spacial score (nSPS) is 13.9. The molecular formula is C19H27ClFN5O3S. The van der Waals surface area contributed by atoms with Gasteiger partial charge in [-0.2, -0.15) is 15.0 Å². The van der Waals surface area contributed by atoms with Gasteiger partial charge in [0.15, 0.2) is 0 Å². The number of hydrogen-bond donors (Lipinski definition) is 3. The minimum absolute atomic E-state index is 0.129. The van der Waals surface area contributed by atoms with E-state index < -0.39 is 15.8 Å². The van der Waals surface area contributed by atoms with Gasteiger partial charge in [0.1, 0.15) is 11.6 Å². The molecule has 0 bridgehead atoms. The van der Waals surface area contributed by atoms with Crippen LogP contribution in [0.5, 0.6) is 0 Å². The Balaban J connectivity index is 2.34. The number of sulfonamides is 1. The zero-order valence-corrected chi connectivity index (χ0v) is 18.9. The number of aromatic nitrogens is 3. The molecule has 0 aliphatic rings. The fourth-order valence-corrected chi connectivity index (χ4v) is 3.60. The van der Waals surface area contributed by atoms with Crippen LogP contribution in [-0.2, 0) is 16.4 Å². The first kappa shape index (κ1) is 24.2. The van der Waals surface area contributed by atoms with Crippen molar-refractivity contribution in [3.05, 3.63) is 40.4 Å². The van der Waals surface area contributed by atoms with Crippen molar-refractivity contribution >= 4 is 33.5 Å². The van der Waals surface area contributed by atoms with E-state index in [1.54, 1.807) is 13.0 Å². The first-order valence-electron chi connectivity index (χ1n) is 9.52. The topological polar surface area (TPSA) is 117 Å². The lowest BCUT2D eigenvalue weighted by atomic mass is 9.97. The highest BCUT2D eigenvalue weighted by Crippen LogP contribution is 2.25. The van der Waals surface area contributed by atoms with E-state index in [0.29, 0.717) is 22.9 Å². The summed E-state index contributed by atoms with van der Waals surface area (Å²) in [6.07, 6.45) is 1.88. The van der Waals surface area contributed by atoms with Gasteiger partial charge in [0, 0.05) is 11.4 Å². The van der Waals surface area contributed by atoms with Gasteiger partial charge in [0.2, 0.25) is 21.9 Å². The average Bonchev–Trinajstić information content (AvgIpc) is 2.61. The standard InChI is InChI=1S/C19H27ClFN5O3S/c1-11(2)7-14(10-27)22-18-23-17(24-19(25-18)26-30(4,28)29)8-12(3)15-9-13(20)5-6-16(15)21/h5-6,9,11-12,14,27H,7-8,10H2,1-4H3,(H2,22,23,24,25,26)/t12?,14-/m1/s1. The minimum Gasteiger partial charge on any atom is -0.394 e. The van der Waals surface area contributed by atoms with E-state index in [4.69, 9.17) is 11.6 Å². The van der Waals surface area contributed by atoms with E-state index >= 15 is 0 Å². The second-order valence-corrected chi connectivity index (χ2v) is 9.88. The lowest BCUT2D eigenvalue weighted by Crippen LogP contribution is -2.27. The van der Waals surface area contributed by atoms with Gasteiger partial charge < -0.3 is 10.4 Å². The van der Waals surface area contributed by atoms with Crippen LogP contribution in [0.4, 0.5) is 16.3 Å². The maximum absolute atomic E-state index is 14.2. The van der Waals surface area contributed by atoms with Gasteiger partial charge in [-0.25, -0.2) is 12.8 Å². The fraction of sp³-hybridized carbons (Fsp3) is 0.526. The van der Waals surface area contributed by atoms with Gasteiger partial charge in [-0.1, -0.05) is 32.4 Å². The largest absolute Gasteiger partial charge is 0.394 e. The van der Waals surface area contributed by atoms with Crippen molar-refractivity contribution in [2.24, 2.45) is 5.92 Å². The molecule has 0 saturated heterocycles. The van der Waals surface area contributed by atoms with Crippen molar-refractivity contribution < 1.29 is 17.9 Å². The third kappa shape index (κ3) is 7.66. The van der Waals surface area contributed by atoms with Crippen LogP contribution in [0, 0.1) is 11.7 Å². The molecule has 3 N–H and O–H groups in total. The van der Waals surface area contributed by atoms with Gasteiger partial charge in [0.05, 0.1) is 18.9 Å². The monoisotopic (exact) mass is 459 g/mol. The van der Waals surface area contributed by atoms with Crippen LogP contribution >= 0.6 is 11.6 Å². The molecule has 2 aromatic rings. The molecule has 1 aromatic carbocycles. The number of anilines is 2. The number of halogens is 2. The van der Waals surface area contributed by atoms with Crippen molar-refractivity contribution in [3.63, 3.8) is 0 Å². The number of rotatable bonds is 10. The Morgan fingerprint density at radius 1 is 1.17 bits per heavy atom. The number of nitrogens with one attached hydrogen (secondary N) is 2. The number of benzene rings is 1. The Kier molecular flexibility index (Phi) is 8.34. The third-order valence-corrected chi connectivity index (χ3v) is 5.03. The Hall–Kier alpha value is -2.04. The van der Waals surface area contributed by atoms with Crippen LogP contribution in [-0.4, -0.2) is 47.4 Å². The van der Waals surface area contributed by atoms with Gasteiger partial charge in [-0.3, -0.25) is 4.72 Å². The van der Waals surface area contributed by atoms with E-state index in [2.05, 4.69) is 25.0 Å². The van der Waals surface area contributed by atoms with E-state index in [-0.39, 0.29) is 42.7 Å². The van der Waals surface area contributed by atoms with Crippen molar-refractivity contribution in [1.29, 1.82) is 0 Å². The lowest BCUT2D eigenvalue weighted by Gasteiger charge is -2.19. The quantitative estimate of drug-likeness (QED) is 0.499. The second kappa shape index (κ2) is 10.3. The first-order valence-corrected chi connectivity index (χ1v) is 11.8.